The molecule has 2 saturated heterocycles. The second-order valence-corrected chi connectivity index (χ2v) is 7.13. The van der Waals surface area contributed by atoms with Gasteiger partial charge in [-0.3, -0.25) is 24.3 Å². The maximum absolute atomic E-state index is 12.7. The first-order valence-electron chi connectivity index (χ1n) is 6.31. The molecule has 2 aliphatic rings. The van der Waals surface area contributed by atoms with Gasteiger partial charge in [0, 0.05) is 13.1 Å². The number of hydrogen-bond acceptors (Lipinski definition) is 4. The molecule has 108 valence electrons. The van der Waals surface area contributed by atoms with E-state index in [0.717, 1.165) is 4.67 Å². The Morgan fingerprint density at radius 3 is 2.58 bits per heavy atom. The van der Waals surface area contributed by atoms with Gasteiger partial charge in [-0.05, 0) is 25.7 Å². The molecule has 8 nitrogen and oxygen atoms in total. The molecule has 5 N–H and O–H groups in total. The highest BCUT2D eigenvalue weighted by molar-refractivity contribution is 7.57. The van der Waals surface area contributed by atoms with E-state index in [-0.39, 0.29) is 6.54 Å². The van der Waals surface area contributed by atoms with Crippen LogP contribution in [0.25, 0.3) is 0 Å². The third-order valence-electron chi connectivity index (χ3n) is 3.68. The van der Waals surface area contributed by atoms with Crippen LogP contribution in [0.2, 0.25) is 0 Å². The van der Waals surface area contributed by atoms with Crippen LogP contribution in [0.3, 0.4) is 0 Å². The van der Waals surface area contributed by atoms with E-state index >= 15 is 0 Å². The van der Waals surface area contributed by atoms with Crippen LogP contribution in [0.5, 0.6) is 0 Å². The first-order valence-corrected chi connectivity index (χ1v) is 8.00. The maximum atomic E-state index is 12.7. The van der Waals surface area contributed by atoms with Crippen LogP contribution >= 0.6 is 7.59 Å². The second kappa shape index (κ2) is 5.20. The number of carbonyl (C=O) groups is 2. The van der Waals surface area contributed by atoms with Gasteiger partial charge in [-0.25, -0.2) is 4.67 Å². The van der Waals surface area contributed by atoms with Gasteiger partial charge in [0.2, 0.25) is 5.91 Å². The van der Waals surface area contributed by atoms with Gasteiger partial charge in [-0.2, -0.15) is 0 Å². The fourth-order valence-electron chi connectivity index (χ4n) is 2.65. The minimum Gasteiger partial charge on any atom is -0.480 e. The lowest BCUT2D eigenvalue weighted by molar-refractivity contribution is -0.141. The molecule has 0 bridgehead atoms. The highest BCUT2D eigenvalue weighted by Gasteiger charge is 2.46. The van der Waals surface area contributed by atoms with Crippen LogP contribution in [-0.2, 0) is 14.2 Å². The molecule has 2 unspecified atom stereocenters. The van der Waals surface area contributed by atoms with Crippen LogP contribution < -0.4 is 11.2 Å². The van der Waals surface area contributed by atoms with Crippen molar-refractivity contribution in [3.8, 4) is 0 Å². The zero-order chi connectivity index (χ0) is 14.2. The Balaban J connectivity index is 2.23. The predicted octanol–water partition coefficient (Wildman–Crippen LogP) is -0.448. The lowest BCUT2D eigenvalue weighted by Gasteiger charge is -2.39. The maximum Gasteiger partial charge on any atom is 0.321 e. The van der Waals surface area contributed by atoms with Gasteiger partial charge in [-0.15, -0.1) is 0 Å². The summed E-state index contributed by atoms with van der Waals surface area (Å²) in [5.41, 5.74) is 11.5. The number of nitrogens with two attached hydrogens (primary N) is 2. The normalized spacial score (nSPS) is 32.3. The van der Waals surface area contributed by atoms with Crippen molar-refractivity contribution in [3.63, 3.8) is 0 Å². The van der Waals surface area contributed by atoms with Crippen molar-refractivity contribution >= 4 is 19.5 Å². The van der Waals surface area contributed by atoms with Gasteiger partial charge in [-0.1, -0.05) is 0 Å². The summed E-state index contributed by atoms with van der Waals surface area (Å²) in [7, 11) is -3.66. The summed E-state index contributed by atoms with van der Waals surface area (Å²) >= 11 is 0. The van der Waals surface area contributed by atoms with Crippen molar-refractivity contribution in [1.29, 1.82) is 0 Å². The fraction of sp³-hybridized carbons (Fsp3) is 0.800. The number of aliphatic carboxylic acids is 1. The molecule has 2 fully saturated rings. The molecular weight excluding hydrogens is 271 g/mol. The summed E-state index contributed by atoms with van der Waals surface area (Å²) in [5, 5.41) is 9.12. The molecule has 3 atom stereocenters. The molecule has 2 heterocycles. The summed E-state index contributed by atoms with van der Waals surface area (Å²) in [6, 6.07) is -1.58. The SMILES string of the molecule is N[C@H]1CCCN(P(N)(=O)N2CCCC2C(=O)O)C1=O. The molecule has 2 aliphatic heterocycles. The largest absolute Gasteiger partial charge is 0.480 e. The minimum atomic E-state index is -3.66. The van der Waals surface area contributed by atoms with Gasteiger partial charge < -0.3 is 10.8 Å². The highest BCUT2D eigenvalue weighted by Crippen LogP contribution is 2.50. The van der Waals surface area contributed by atoms with Crippen LogP contribution in [0, 0.1) is 0 Å². The van der Waals surface area contributed by atoms with Crippen LogP contribution in [0.15, 0.2) is 0 Å². The van der Waals surface area contributed by atoms with E-state index in [9.17, 15) is 14.2 Å². The summed E-state index contributed by atoms with van der Waals surface area (Å²) in [6.07, 6.45) is 2.16. The van der Waals surface area contributed by atoms with Crippen LogP contribution in [0.4, 0.5) is 0 Å². The molecule has 0 aromatic rings. The molecule has 0 aliphatic carbocycles. The standard InChI is InChI=1S/C10H19N4O4P/c11-7-3-1-6-14(9(7)15)19(12,18)13-5-2-4-8(13)10(16)17/h7-8H,1-6,11H2,(H2,12,18)(H,16,17)/t7-,8?,19?/m0/s1. The Kier molecular flexibility index (Phi) is 3.96. The lowest BCUT2D eigenvalue weighted by Crippen LogP contribution is -2.51. The molecule has 0 aromatic carbocycles. The number of rotatable bonds is 3. The van der Waals surface area contributed by atoms with E-state index in [1.165, 1.54) is 4.67 Å². The topological polar surface area (TPSA) is 130 Å². The van der Waals surface area contributed by atoms with Crippen molar-refractivity contribution in [2.75, 3.05) is 13.1 Å². The predicted molar refractivity (Wildman–Crippen MR) is 68.1 cm³/mol. The molecular formula is C10H19N4O4P. The number of carboxylic acid groups (broad SMARTS) is 1. The Morgan fingerprint density at radius 2 is 1.95 bits per heavy atom. The highest BCUT2D eigenvalue weighted by atomic mass is 31.2. The monoisotopic (exact) mass is 290 g/mol. The van der Waals surface area contributed by atoms with E-state index in [4.69, 9.17) is 16.3 Å². The lowest BCUT2D eigenvalue weighted by atomic mass is 10.1. The summed E-state index contributed by atoms with van der Waals surface area (Å²) in [4.78, 5) is 23.1. The van der Waals surface area contributed by atoms with Crippen molar-refractivity contribution in [2.24, 2.45) is 11.2 Å². The van der Waals surface area contributed by atoms with E-state index in [0.29, 0.717) is 32.2 Å². The third kappa shape index (κ3) is 2.53. The minimum absolute atomic E-state index is 0.267. The number of carboxylic acids is 1. The summed E-state index contributed by atoms with van der Waals surface area (Å²) < 4.78 is 15.1. The van der Waals surface area contributed by atoms with Gasteiger partial charge in [0.15, 0.2) is 0 Å². The van der Waals surface area contributed by atoms with Crippen LogP contribution in [0.1, 0.15) is 25.7 Å². The zero-order valence-electron chi connectivity index (χ0n) is 10.6. The number of carbonyl (C=O) groups excluding carboxylic acids is 1. The smallest absolute Gasteiger partial charge is 0.321 e. The van der Waals surface area contributed by atoms with Crippen LogP contribution in [-0.4, -0.2) is 51.5 Å². The fourth-order valence-corrected chi connectivity index (χ4v) is 4.83. The number of amides is 1. The number of hydrogen-bond donors (Lipinski definition) is 3. The second-order valence-electron chi connectivity index (χ2n) is 4.96. The first kappa shape index (κ1) is 14.5. The van der Waals surface area contributed by atoms with E-state index in [1.54, 1.807) is 0 Å². The van der Waals surface area contributed by atoms with E-state index in [2.05, 4.69) is 0 Å². The Morgan fingerprint density at radius 1 is 1.32 bits per heavy atom. The van der Waals surface area contributed by atoms with Crippen molar-refractivity contribution in [3.05, 3.63) is 0 Å². The number of nitrogens with zero attached hydrogens (tertiary/aromatic N) is 2. The molecule has 0 aromatic heterocycles. The molecule has 0 saturated carbocycles. The average molecular weight is 290 g/mol. The molecule has 19 heavy (non-hydrogen) atoms. The molecule has 0 radical (unpaired) electrons. The Labute approximate surface area is 111 Å². The van der Waals surface area contributed by atoms with Gasteiger partial charge >= 0.3 is 13.6 Å². The molecule has 1 amide bonds. The summed E-state index contributed by atoms with van der Waals surface area (Å²) in [6.45, 7) is 0.590. The third-order valence-corrected chi connectivity index (χ3v) is 5.98. The zero-order valence-corrected chi connectivity index (χ0v) is 11.5. The van der Waals surface area contributed by atoms with Crippen molar-refractivity contribution in [2.45, 2.75) is 37.8 Å². The molecule has 0 spiro atoms. The van der Waals surface area contributed by atoms with Gasteiger partial charge in [0.25, 0.3) is 0 Å². The van der Waals surface area contributed by atoms with Gasteiger partial charge in [0.1, 0.15) is 6.04 Å². The quantitative estimate of drug-likeness (QED) is 0.600. The molecule has 9 heteroatoms. The van der Waals surface area contributed by atoms with E-state index < -0.39 is 31.6 Å². The summed E-state index contributed by atoms with van der Waals surface area (Å²) in [5.74, 6) is -1.51. The first-order chi connectivity index (χ1) is 8.85. The Bertz CT molecular complexity index is 443. The Hall–Kier alpha value is -0.950. The van der Waals surface area contributed by atoms with E-state index in [1.807, 2.05) is 0 Å². The number of piperidine rings is 1. The molecule has 2 rings (SSSR count). The van der Waals surface area contributed by atoms with Crippen molar-refractivity contribution < 1.29 is 19.3 Å². The van der Waals surface area contributed by atoms with Gasteiger partial charge in [0.05, 0.1) is 6.04 Å². The average Bonchev–Trinajstić information content (AvgIpc) is 2.82. The van der Waals surface area contributed by atoms with Crippen molar-refractivity contribution in [1.82, 2.24) is 9.34 Å².